The molecule has 1 amide bonds. The van der Waals surface area contributed by atoms with Crippen molar-refractivity contribution >= 4 is 17.6 Å². The minimum absolute atomic E-state index is 0.166. The Hall–Kier alpha value is -2.56. The Labute approximate surface area is 148 Å². The number of ether oxygens (including phenoxy) is 1. The predicted octanol–water partition coefficient (Wildman–Crippen LogP) is 3.55. The molecule has 5 nitrogen and oxygen atoms in total. The van der Waals surface area contributed by atoms with Crippen molar-refractivity contribution in [3.05, 3.63) is 54.4 Å². The average molecular weight is 340 g/mol. The van der Waals surface area contributed by atoms with Crippen LogP contribution in [0.2, 0.25) is 0 Å². The minimum atomic E-state index is -0.475. The highest BCUT2D eigenvalue weighted by molar-refractivity contribution is 5.97. The molecule has 25 heavy (non-hydrogen) atoms. The summed E-state index contributed by atoms with van der Waals surface area (Å²) in [6, 6.07) is 13.3. The lowest BCUT2D eigenvalue weighted by Crippen LogP contribution is -2.43. The van der Waals surface area contributed by atoms with Crippen LogP contribution in [0, 0.1) is 0 Å². The quantitative estimate of drug-likeness (QED) is 0.782. The summed E-state index contributed by atoms with van der Waals surface area (Å²) in [6.45, 7) is -0.241. The zero-order valence-corrected chi connectivity index (χ0v) is 14.6. The van der Waals surface area contributed by atoms with Gasteiger partial charge in [0.05, 0.1) is 0 Å². The highest BCUT2D eigenvalue weighted by atomic mass is 16.5. The molecule has 0 aliphatic heterocycles. The maximum absolute atomic E-state index is 12.8. The standard InChI is InChI=1S/C20H24N2O3/c1-21-14-8-13-18(21)20(24)25-15-19(23)22(16-9-4-2-5-10-16)17-11-6-3-7-12-17/h2,4-5,8-10,13-14,17H,3,6-7,11-12,15H2,1H3. The number of rotatable bonds is 5. The Morgan fingerprint density at radius 2 is 1.80 bits per heavy atom. The van der Waals surface area contributed by atoms with Gasteiger partial charge in [0, 0.05) is 25.0 Å². The summed E-state index contributed by atoms with van der Waals surface area (Å²) in [5, 5.41) is 0. The molecule has 0 unspecified atom stereocenters. The molecule has 0 radical (unpaired) electrons. The molecule has 1 saturated carbocycles. The van der Waals surface area contributed by atoms with Crippen LogP contribution in [0.5, 0.6) is 0 Å². The molecule has 1 aliphatic rings. The summed E-state index contributed by atoms with van der Waals surface area (Å²) in [5.74, 6) is -0.641. The van der Waals surface area contributed by atoms with Crippen LogP contribution in [-0.2, 0) is 16.6 Å². The Bertz CT molecular complexity index is 718. The van der Waals surface area contributed by atoms with Crippen molar-refractivity contribution < 1.29 is 14.3 Å². The van der Waals surface area contributed by atoms with Gasteiger partial charge in [-0.15, -0.1) is 0 Å². The molecular formula is C20H24N2O3. The van der Waals surface area contributed by atoms with Crippen molar-refractivity contribution in [1.82, 2.24) is 4.57 Å². The van der Waals surface area contributed by atoms with E-state index in [0.29, 0.717) is 5.69 Å². The SMILES string of the molecule is Cn1cccc1C(=O)OCC(=O)N(c1ccccc1)C1CCCCC1. The van der Waals surface area contributed by atoms with Crippen LogP contribution in [0.15, 0.2) is 48.7 Å². The van der Waals surface area contributed by atoms with E-state index in [-0.39, 0.29) is 18.6 Å². The molecule has 1 aromatic heterocycles. The number of carbonyl (C=O) groups is 2. The number of hydrogen-bond acceptors (Lipinski definition) is 3. The summed E-state index contributed by atoms with van der Waals surface area (Å²) in [4.78, 5) is 26.8. The highest BCUT2D eigenvalue weighted by Crippen LogP contribution is 2.27. The van der Waals surface area contributed by atoms with Crippen molar-refractivity contribution in [2.24, 2.45) is 7.05 Å². The lowest BCUT2D eigenvalue weighted by molar-refractivity contribution is -0.122. The number of para-hydroxylation sites is 1. The van der Waals surface area contributed by atoms with Crippen molar-refractivity contribution in [2.45, 2.75) is 38.1 Å². The number of aryl methyl sites for hydroxylation is 1. The van der Waals surface area contributed by atoms with E-state index in [9.17, 15) is 9.59 Å². The van der Waals surface area contributed by atoms with E-state index in [1.54, 1.807) is 29.9 Å². The number of benzene rings is 1. The van der Waals surface area contributed by atoms with E-state index in [0.717, 1.165) is 31.4 Å². The Morgan fingerprint density at radius 3 is 2.44 bits per heavy atom. The second kappa shape index (κ2) is 8.01. The number of hydrogen-bond donors (Lipinski definition) is 0. The van der Waals surface area contributed by atoms with E-state index < -0.39 is 5.97 Å². The number of nitrogens with zero attached hydrogens (tertiary/aromatic N) is 2. The average Bonchev–Trinajstić information content (AvgIpc) is 3.08. The molecule has 1 aromatic carbocycles. The van der Waals surface area contributed by atoms with Gasteiger partial charge >= 0.3 is 5.97 Å². The van der Waals surface area contributed by atoms with Crippen LogP contribution in [-0.4, -0.2) is 29.1 Å². The third-order valence-corrected chi connectivity index (χ3v) is 4.72. The fraction of sp³-hybridized carbons (Fsp3) is 0.400. The number of aromatic nitrogens is 1. The van der Waals surface area contributed by atoms with Crippen molar-refractivity contribution in [2.75, 3.05) is 11.5 Å². The summed E-state index contributed by atoms with van der Waals surface area (Å²) >= 11 is 0. The summed E-state index contributed by atoms with van der Waals surface area (Å²) in [7, 11) is 1.77. The molecule has 0 N–H and O–H groups in total. The second-order valence-corrected chi connectivity index (χ2v) is 6.47. The highest BCUT2D eigenvalue weighted by Gasteiger charge is 2.27. The van der Waals surface area contributed by atoms with E-state index in [1.165, 1.54) is 6.42 Å². The van der Waals surface area contributed by atoms with Gasteiger partial charge in [0.1, 0.15) is 5.69 Å². The monoisotopic (exact) mass is 340 g/mol. The molecule has 0 atom stereocenters. The van der Waals surface area contributed by atoms with E-state index in [2.05, 4.69) is 0 Å². The number of carbonyl (C=O) groups excluding carboxylic acids is 2. The predicted molar refractivity (Wildman–Crippen MR) is 96.5 cm³/mol. The summed E-state index contributed by atoms with van der Waals surface area (Å²) in [6.07, 6.45) is 7.24. The third-order valence-electron chi connectivity index (χ3n) is 4.72. The summed E-state index contributed by atoms with van der Waals surface area (Å²) in [5.41, 5.74) is 1.31. The molecular weight excluding hydrogens is 316 g/mol. The van der Waals surface area contributed by atoms with Crippen molar-refractivity contribution in [3.63, 3.8) is 0 Å². The van der Waals surface area contributed by atoms with E-state index in [1.807, 2.05) is 35.2 Å². The van der Waals surface area contributed by atoms with Crippen LogP contribution in [0.3, 0.4) is 0 Å². The fourth-order valence-electron chi connectivity index (χ4n) is 3.43. The van der Waals surface area contributed by atoms with Gasteiger partial charge in [0.2, 0.25) is 0 Å². The zero-order valence-electron chi connectivity index (χ0n) is 14.6. The number of esters is 1. The first-order valence-corrected chi connectivity index (χ1v) is 8.82. The van der Waals surface area contributed by atoms with Crippen LogP contribution in [0.4, 0.5) is 5.69 Å². The summed E-state index contributed by atoms with van der Waals surface area (Å²) < 4.78 is 6.95. The molecule has 0 spiro atoms. The normalized spacial score (nSPS) is 14.9. The maximum Gasteiger partial charge on any atom is 0.355 e. The first-order valence-electron chi connectivity index (χ1n) is 8.82. The van der Waals surface area contributed by atoms with Gasteiger partial charge in [-0.2, -0.15) is 0 Å². The van der Waals surface area contributed by atoms with Gasteiger partial charge in [0.25, 0.3) is 5.91 Å². The van der Waals surface area contributed by atoms with Gasteiger partial charge in [-0.1, -0.05) is 37.5 Å². The first-order chi connectivity index (χ1) is 12.2. The molecule has 3 rings (SSSR count). The van der Waals surface area contributed by atoms with Gasteiger partial charge in [-0.05, 0) is 37.1 Å². The largest absolute Gasteiger partial charge is 0.451 e. The molecule has 0 saturated heterocycles. The fourth-order valence-corrected chi connectivity index (χ4v) is 3.43. The van der Waals surface area contributed by atoms with E-state index >= 15 is 0 Å². The molecule has 5 heteroatoms. The maximum atomic E-state index is 12.8. The first kappa shape index (κ1) is 17.3. The lowest BCUT2D eigenvalue weighted by Gasteiger charge is -2.34. The van der Waals surface area contributed by atoms with Crippen LogP contribution >= 0.6 is 0 Å². The van der Waals surface area contributed by atoms with Gasteiger partial charge < -0.3 is 14.2 Å². The van der Waals surface area contributed by atoms with Crippen LogP contribution < -0.4 is 4.90 Å². The molecule has 0 bridgehead atoms. The number of amides is 1. The van der Waals surface area contributed by atoms with Gasteiger partial charge in [-0.25, -0.2) is 4.79 Å². The Balaban J connectivity index is 1.71. The topological polar surface area (TPSA) is 51.5 Å². The minimum Gasteiger partial charge on any atom is -0.451 e. The number of anilines is 1. The van der Waals surface area contributed by atoms with Crippen molar-refractivity contribution in [3.8, 4) is 0 Å². The zero-order chi connectivity index (χ0) is 17.6. The van der Waals surface area contributed by atoms with E-state index in [4.69, 9.17) is 4.74 Å². The smallest absolute Gasteiger partial charge is 0.355 e. The van der Waals surface area contributed by atoms with Gasteiger partial charge in [-0.3, -0.25) is 4.79 Å². The van der Waals surface area contributed by atoms with Gasteiger partial charge in [0.15, 0.2) is 6.61 Å². The third kappa shape index (κ3) is 4.10. The molecule has 132 valence electrons. The second-order valence-electron chi connectivity index (χ2n) is 6.47. The molecule has 2 aromatic rings. The van der Waals surface area contributed by atoms with Crippen LogP contribution in [0.25, 0.3) is 0 Å². The van der Waals surface area contributed by atoms with Crippen molar-refractivity contribution in [1.29, 1.82) is 0 Å². The molecule has 1 aliphatic carbocycles. The Morgan fingerprint density at radius 1 is 1.08 bits per heavy atom. The lowest BCUT2D eigenvalue weighted by atomic mass is 9.93. The molecule has 1 heterocycles. The van der Waals surface area contributed by atoms with Crippen LogP contribution in [0.1, 0.15) is 42.6 Å². The molecule has 1 fully saturated rings. The Kier molecular flexibility index (Phi) is 5.53.